The fraction of sp³-hybridized carbons (Fsp3) is 1.00. The van der Waals surface area contributed by atoms with Crippen LogP contribution in [0.25, 0.3) is 0 Å². The Balaban J connectivity index is 1.83. The molecule has 1 aliphatic carbocycles. The van der Waals surface area contributed by atoms with Gasteiger partial charge in [0.25, 0.3) is 0 Å². The lowest BCUT2D eigenvalue weighted by Crippen LogP contribution is -2.56. The fourth-order valence-corrected chi connectivity index (χ4v) is 3.00. The van der Waals surface area contributed by atoms with E-state index in [-0.39, 0.29) is 0 Å². The Bertz CT molecular complexity index is 187. The van der Waals surface area contributed by atoms with Crippen LogP contribution in [0.2, 0.25) is 0 Å². The van der Waals surface area contributed by atoms with Crippen molar-refractivity contribution in [3.8, 4) is 0 Å². The first-order valence-electron chi connectivity index (χ1n) is 6.53. The van der Waals surface area contributed by atoms with Gasteiger partial charge >= 0.3 is 0 Å². The van der Waals surface area contributed by atoms with Crippen LogP contribution in [-0.2, 0) is 0 Å². The van der Waals surface area contributed by atoms with Gasteiger partial charge < -0.3 is 10.6 Å². The minimum Gasteiger partial charge on any atom is -0.326 e. The van der Waals surface area contributed by atoms with E-state index in [1.54, 1.807) is 0 Å². The Hall–Kier alpha value is -0.120. The topological polar surface area (TPSA) is 32.5 Å². The SMILES string of the molecule is CCN1CCN(C2CCCC[C@H]2N)CC1. The van der Waals surface area contributed by atoms with Crippen molar-refractivity contribution >= 4 is 0 Å². The molecule has 2 N–H and O–H groups in total. The largest absolute Gasteiger partial charge is 0.326 e. The number of nitrogens with two attached hydrogens (primary N) is 1. The van der Waals surface area contributed by atoms with Crippen LogP contribution in [0.4, 0.5) is 0 Å². The average molecular weight is 211 g/mol. The zero-order chi connectivity index (χ0) is 10.7. The summed E-state index contributed by atoms with van der Waals surface area (Å²) in [5.41, 5.74) is 6.22. The smallest absolute Gasteiger partial charge is 0.0248 e. The zero-order valence-electron chi connectivity index (χ0n) is 9.99. The quantitative estimate of drug-likeness (QED) is 0.736. The normalized spacial score (nSPS) is 35.6. The van der Waals surface area contributed by atoms with E-state index in [0.29, 0.717) is 12.1 Å². The van der Waals surface area contributed by atoms with Gasteiger partial charge in [-0.2, -0.15) is 0 Å². The van der Waals surface area contributed by atoms with E-state index in [1.807, 2.05) is 0 Å². The zero-order valence-corrected chi connectivity index (χ0v) is 9.99. The first kappa shape index (κ1) is 11.4. The van der Waals surface area contributed by atoms with Crippen LogP contribution in [-0.4, -0.2) is 54.6 Å². The molecule has 2 aliphatic rings. The number of piperazine rings is 1. The summed E-state index contributed by atoms with van der Waals surface area (Å²) in [6, 6.07) is 1.12. The van der Waals surface area contributed by atoms with Crippen molar-refractivity contribution in [1.82, 2.24) is 9.80 Å². The van der Waals surface area contributed by atoms with Crippen molar-refractivity contribution in [3.05, 3.63) is 0 Å². The highest BCUT2D eigenvalue weighted by Crippen LogP contribution is 2.22. The molecular formula is C12H25N3. The third kappa shape index (κ3) is 2.71. The van der Waals surface area contributed by atoms with E-state index in [9.17, 15) is 0 Å². The summed E-state index contributed by atoms with van der Waals surface area (Å²) >= 11 is 0. The average Bonchev–Trinajstić information content (AvgIpc) is 2.30. The lowest BCUT2D eigenvalue weighted by atomic mass is 9.89. The van der Waals surface area contributed by atoms with Gasteiger partial charge in [-0.1, -0.05) is 19.8 Å². The van der Waals surface area contributed by atoms with E-state index in [2.05, 4.69) is 16.7 Å². The molecule has 3 heteroatoms. The summed E-state index contributed by atoms with van der Waals surface area (Å²) in [6.45, 7) is 8.38. The Kier molecular flexibility index (Phi) is 4.00. The lowest BCUT2D eigenvalue weighted by Gasteiger charge is -2.43. The van der Waals surface area contributed by atoms with Gasteiger partial charge in [0, 0.05) is 38.3 Å². The lowest BCUT2D eigenvalue weighted by molar-refractivity contribution is 0.0719. The second-order valence-electron chi connectivity index (χ2n) is 4.99. The predicted octanol–water partition coefficient (Wildman–Crippen LogP) is 0.894. The van der Waals surface area contributed by atoms with Crippen LogP contribution in [0.5, 0.6) is 0 Å². The van der Waals surface area contributed by atoms with E-state index in [1.165, 1.54) is 58.4 Å². The first-order chi connectivity index (χ1) is 7.31. The van der Waals surface area contributed by atoms with Crippen LogP contribution in [0.1, 0.15) is 32.6 Å². The Labute approximate surface area is 93.6 Å². The van der Waals surface area contributed by atoms with Crippen molar-refractivity contribution in [2.45, 2.75) is 44.7 Å². The Morgan fingerprint density at radius 3 is 2.33 bits per heavy atom. The molecule has 1 unspecified atom stereocenters. The van der Waals surface area contributed by atoms with Gasteiger partial charge in [-0.15, -0.1) is 0 Å². The molecule has 1 heterocycles. The Morgan fingerprint density at radius 1 is 1.07 bits per heavy atom. The van der Waals surface area contributed by atoms with Crippen molar-refractivity contribution in [2.24, 2.45) is 5.73 Å². The van der Waals surface area contributed by atoms with Gasteiger partial charge in [-0.3, -0.25) is 4.90 Å². The minimum absolute atomic E-state index is 0.437. The fourth-order valence-electron chi connectivity index (χ4n) is 3.00. The molecule has 0 amide bonds. The van der Waals surface area contributed by atoms with Gasteiger partial charge in [-0.25, -0.2) is 0 Å². The Morgan fingerprint density at radius 2 is 1.73 bits per heavy atom. The van der Waals surface area contributed by atoms with E-state index in [0.717, 1.165) is 0 Å². The molecule has 1 aliphatic heterocycles. The summed E-state index contributed by atoms with van der Waals surface area (Å²) in [5.74, 6) is 0. The van der Waals surface area contributed by atoms with Gasteiger partial charge in [-0.05, 0) is 19.4 Å². The van der Waals surface area contributed by atoms with Crippen LogP contribution in [0.3, 0.4) is 0 Å². The summed E-state index contributed by atoms with van der Waals surface area (Å²) < 4.78 is 0. The van der Waals surface area contributed by atoms with E-state index < -0.39 is 0 Å². The molecule has 15 heavy (non-hydrogen) atoms. The van der Waals surface area contributed by atoms with Crippen molar-refractivity contribution in [3.63, 3.8) is 0 Å². The second-order valence-corrected chi connectivity index (χ2v) is 4.99. The molecule has 0 aromatic heterocycles. The summed E-state index contributed by atoms with van der Waals surface area (Å²) in [4.78, 5) is 5.17. The van der Waals surface area contributed by atoms with Crippen molar-refractivity contribution < 1.29 is 0 Å². The summed E-state index contributed by atoms with van der Waals surface area (Å²) in [7, 11) is 0. The van der Waals surface area contributed by atoms with Gasteiger partial charge in [0.05, 0.1) is 0 Å². The summed E-state index contributed by atoms with van der Waals surface area (Å²) in [6.07, 6.45) is 5.28. The monoisotopic (exact) mass is 211 g/mol. The third-order valence-electron chi connectivity index (χ3n) is 4.10. The number of rotatable bonds is 2. The molecule has 2 fully saturated rings. The molecule has 1 saturated heterocycles. The maximum Gasteiger partial charge on any atom is 0.0248 e. The molecule has 0 spiro atoms. The van der Waals surface area contributed by atoms with Crippen molar-refractivity contribution in [2.75, 3.05) is 32.7 Å². The highest BCUT2D eigenvalue weighted by molar-refractivity contribution is 4.88. The van der Waals surface area contributed by atoms with Gasteiger partial charge in [0.2, 0.25) is 0 Å². The van der Waals surface area contributed by atoms with Crippen LogP contribution in [0.15, 0.2) is 0 Å². The highest BCUT2D eigenvalue weighted by Gasteiger charge is 2.29. The third-order valence-corrected chi connectivity index (χ3v) is 4.10. The molecule has 2 atom stereocenters. The second kappa shape index (κ2) is 5.28. The van der Waals surface area contributed by atoms with E-state index in [4.69, 9.17) is 5.73 Å². The molecule has 3 nitrogen and oxygen atoms in total. The van der Waals surface area contributed by atoms with Gasteiger partial charge in [0.15, 0.2) is 0 Å². The van der Waals surface area contributed by atoms with E-state index >= 15 is 0 Å². The minimum atomic E-state index is 0.437. The number of likely N-dealkylation sites (N-methyl/N-ethyl adjacent to an activating group) is 1. The highest BCUT2D eigenvalue weighted by atomic mass is 15.3. The van der Waals surface area contributed by atoms with Crippen LogP contribution < -0.4 is 5.73 Å². The number of nitrogens with zero attached hydrogens (tertiary/aromatic N) is 2. The number of hydrogen-bond acceptors (Lipinski definition) is 3. The number of hydrogen-bond donors (Lipinski definition) is 1. The maximum atomic E-state index is 6.22. The molecule has 0 aromatic carbocycles. The first-order valence-corrected chi connectivity index (χ1v) is 6.53. The van der Waals surface area contributed by atoms with Crippen LogP contribution in [0, 0.1) is 0 Å². The van der Waals surface area contributed by atoms with Gasteiger partial charge in [0.1, 0.15) is 0 Å². The standard InChI is InChI=1S/C12H25N3/c1-2-14-7-9-15(10-8-14)12-6-4-3-5-11(12)13/h11-12H,2-10,13H2,1H3/t11-,12?/m1/s1. The summed E-state index contributed by atoms with van der Waals surface area (Å²) in [5, 5.41) is 0. The molecule has 88 valence electrons. The predicted molar refractivity (Wildman–Crippen MR) is 63.9 cm³/mol. The molecule has 1 saturated carbocycles. The molecule has 0 radical (unpaired) electrons. The van der Waals surface area contributed by atoms with Crippen LogP contribution >= 0.6 is 0 Å². The molecule has 0 aromatic rings. The molecule has 0 bridgehead atoms. The maximum absolute atomic E-state index is 6.22. The van der Waals surface area contributed by atoms with Crippen molar-refractivity contribution in [1.29, 1.82) is 0 Å². The molecular weight excluding hydrogens is 186 g/mol. The molecule has 2 rings (SSSR count).